The first-order valence-corrected chi connectivity index (χ1v) is 14.7. The number of anilines is 1. The summed E-state index contributed by atoms with van der Waals surface area (Å²) in [5, 5.41) is 15.3. The van der Waals surface area contributed by atoms with Gasteiger partial charge in [0.05, 0.1) is 23.2 Å². The lowest BCUT2D eigenvalue weighted by molar-refractivity contribution is -0.139. The number of thioether (sulfide) groups is 1. The molecule has 5 atom stereocenters. The molecule has 3 heterocycles. The fourth-order valence-corrected chi connectivity index (χ4v) is 8.49. The number of fused-ring (bicyclic) bond motifs is 1. The molecule has 0 aliphatic carbocycles. The van der Waals surface area contributed by atoms with Crippen molar-refractivity contribution < 1.29 is 24.2 Å². The summed E-state index contributed by atoms with van der Waals surface area (Å²) in [6.45, 7) is 5.82. The molecule has 1 aromatic rings. The van der Waals surface area contributed by atoms with Gasteiger partial charge in [-0.1, -0.05) is 19.8 Å². The molecule has 2 unspecified atom stereocenters. The number of carbonyl (C=O) groups excluding carboxylic acids is 3. The third-order valence-electron chi connectivity index (χ3n) is 7.92. The number of likely N-dealkylation sites (tertiary alicyclic amines) is 1. The van der Waals surface area contributed by atoms with Gasteiger partial charge in [0.1, 0.15) is 11.8 Å². The van der Waals surface area contributed by atoms with Gasteiger partial charge in [0.2, 0.25) is 17.7 Å². The lowest BCUT2D eigenvalue weighted by Gasteiger charge is -2.34. The summed E-state index contributed by atoms with van der Waals surface area (Å²) in [6.07, 6.45) is 6.83. The van der Waals surface area contributed by atoms with E-state index in [0.29, 0.717) is 31.8 Å². The van der Waals surface area contributed by atoms with Gasteiger partial charge < -0.3 is 25.4 Å². The SMILES string of the molecule is CCCCCNC(=O)C1N(CCCCCO)C(=O)[C@@H]2[C@H](C(=O)Nc3ccc(OCC)cc3)[C@@H]3CCC12S3. The van der Waals surface area contributed by atoms with E-state index in [2.05, 4.69) is 17.6 Å². The molecule has 3 aliphatic heterocycles. The standard InChI is InChI=1S/C28H41N3O5S/c1-3-5-7-16-29-26(34)24-28-15-14-21(37-28)22(23(28)27(35)31(24)17-8-6-9-18-32)25(33)30-19-10-12-20(13-11-19)36-4-2/h10-13,21-24,32H,3-9,14-18H2,1-2H3,(H,29,34)(H,30,33)/t21-,22+,23-,24?,28?/m0/s1. The van der Waals surface area contributed by atoms with E-state index in [1.165, 1.54) is 0 Å². The molecule has 3 amide bonds. The van der Waals surface area contributed by atoms with E-state index in [0.717, 1.165) is 50.7 Å². The number of nitrogens with zero attached hydrogens (tertiary/aromatic N) is 1. The molecule has 3 fully saturated rings. The lowest BCUT2D eigenvalue weighted by Crippen LogP contribution is -2.53. The van der Waals surface area contributed by atoms with Crippen molar-refractivity contribution in [2.24, 2.45) is 11.8 Å². The molecule has 0 aromatic heterocycles. The van der Waals surface area contributed by atoms with Crippen LogP contribution in [0.4, 0.5) is 5.69 Å². The van der Waals surface area contributed by atoms with E-state index in [1.807, 2.05) is 31.2 Å². The Bertz CT molecular complexity index is 958. The van der Waals surface area contributed by atoms with Gasteiger partial charge in [-0.3, -0.25) is 14.4 Å². The Labute approximate surface area is 224 Å². The van der Waals surface area contributed by atoms with E-state index < -0.39 is 22.6 Å². The predicted molar refractivity (Wildman–Crippen MR) is 146 cm³/mol. The molecule has 3 aliphatic rings. The number of ether oxygens (including phenoxy) is 1. The van der Waals surface area contributed by atoms with Crippen LogP contribution in [0.15, 0.2) is 24.3 Å². The van der Waals surface area contributed by atoms with Crippen LogP contribution < -0.4 is 15.4 Å². The molecular weight excluding hydrogens is 490 g/mol. The van der Waals surface area contributed by atoms with Crippen molar-refractivity contribution in [3.05, 3.63) is 24.3 Å². The molecule has 9 heteroatoms. The first kappa shape index (κ1) is 27.8. The van der Waals surface area contributed by atoms with Crippen molar-refractivity contribution in [1.29, 1.82) is 0 Å². The normalized spacial score (nSPS) is 27.9. The highest BCUT2D eigenvalue weighted by Gasteiger charge is 2.73. The Morgan fingerprint density at radius 1 is 1.11 bits per heavy atom. The van der Waals surface area contributed by atoms with Crippen LogP contribution in [0.1, 0.15) is 65.2 Å². The highest BCUT2D eigenvalue weighted by atomic mass is 32.2. The smallest absolute Gasteiger partial charge is 0.244 e. The van der Waals surface area contributed by atoms with E-state index >= 15 is 0 Å². The predicted octanol–water partition coefficient (Wildman–Crippen LogP) is 3.58. The lowest BCUT2D eigenvalue weighted by atomic mass is 9.70. The highest BCUT2D eigenvalue weighted by molar-refractivity contribution is 8.02. The van der Waals surface area contributed by atoms with Crippen LogP contribution in [0.5, 0.6) is 5.75 Å². The summed E-state index contributed by atoms with van der Waals surface area (Å²) in [4.78, 5) is 42.8. The highest BCUT2D eigenvalue weighted by Crippen LogP contribution is 2.66. The van der Waals surface area contributed by atoms with Gasteiger partial charge in [0.25, 0.3) is 0 Å². The molecule has 1 aromatic carbocycles. The van der Waals surface area contributed by atoms with E-state index in [1.54, 1.807) is 16.7 Å². The maximum atomic E-state index is 13.9. The van der Waals surface area contributed by atoms with E-state index in [-0.39, 0.29) is 29.6 Å². The summed E-state index contributed by atoms with van der Waals surface area (Å²) < 4.78 is 4.93. The van der Waals surface area contributed by atoms with Gasteiger partial charge in [-0.05, 0) is 69.7 Å². The fraction of sp³-hybridized carbons (Fsp3) is 0.679. The van der Waals surface area contributed by atoms with Crippen molar-refractivity contribution in [3.63, 3.8) is 0 Å². The number of hydrogen-bond acceptors (Lipinski definition) is 6. The van der Waals surface area contributed by atoms with Crippen LogP contribution in [-0.2, 0) is 14.4 Å². The average molecular weight is 532 g/mol. The number of amides is 3. The summed E-state index contributed by atoms with van der Waals surface area (Å²) in [5.74, 6) is -0.524. The minimum atomic E-state index is -0.561. The quantitative estimate of drug-likeness (QED) is 0.317. The maximum Gasteiger partial charge on any atom is 0.244 e. The van der Waals surface area contributed by atoms with Crippen molar-refractivity contribution in [2.45, 2.75) is 81.3 Å². The molecular formula is C28H41N3O5S. The van der Waals surface area contributed by atoms with Crippen molar-refractivity contribution >= 4 is 35.2 Å². The van der Waals surface area contributed by atoms with Gasteiger partial charge >= 0.3 is 0 Å². The summed E-state index contributed by atoms with van der Waals surface area (Å²) in [6, 6.07) is 6.72. The van der Waals surface area contributed by atoms with Crippen molar-refractivity contribution in [2.75, 3.05) is 31.6 Å². The van der Waals surface area contributed by atoms with E-state index in [4.69, 9.17) is 9.84 Å². The van der Waals surface area contributed by atoms with E-state index in [9.17, 15) is 14.4 Å². The van der Waals surface area contributed by atoms with Gasteiger partial charge in [0.15, 0.2) is 0 Å². The second-order valence-corrected chi connectivity index (χ2v) is 11.9. The molecule has 3 saturated heterocycles. The number of unbranched alkanes of at least 4 members (excludes halogenated alkanes) is 4. The molecule has 0 radical (unpaired) electrons. The number of nitrogens with one attached hydrogen (secondary N) is 2. The molecule has 1 spiro atoms. The number of carbonyl (C=O) groups is 3. The summed E-state index contributed by atoms with van der Waals surface area (Å²) >= 11 is 1.69. The molecule has 204 valence electrons. The first-order valence-electron chi connectivity index (χ1n) is 13.9. The van der Waals surface area contributed by atoms with Crippen LogP contribution >= 0.6 is 11.8 Å². The zero-order valence-electron chi connectivity index (χ0n) is 22.0. The topological polar surface area (TPSA) is 108 Å². The van der Waals surface area contributed by atoms with Crippen LogP contribution in [0, 0.1) is 11.8 Å². The van der Waals surface area contributed by atoms with Crippen LogP contribution in [0.2, 0.25) is 0 Å². The third kappa shape index (κ3) is 5.62. The van der Waals surface area contributed by atoms with Gasteiger partial charge in [-0.15, -0.1) is 11.8 Å². The third-order valence-corrected chi connectivity index (χ3v) is 9.87. The number of benzene rings is 1. The molecule has 2 bridgehead atoms. The summed E-state index contributed by atoms with van der Waals surface area (Å²) in [7, 11) is 0. The molecule has 4 rings (SSSR count). The molecule has 37 heavy (non-hydrogen) atoms. The zero-order chi connectivity index (χ0) is 26.4. The number of aliphatic hydroxyl groups excluding tert-OH is 1. The van der Waals surface area contributed by atoms with Crippen LogP contribution in [0.3, 0.4) is 0 Å². The van der Waals surface area contributed by atoms with Gasteiger partial charge in [-0.25, -0.2) is 0 Å². The minimum absolute atomic E-state index is 0.0311. The Morgan fingerprint density at radius 2 is 1.89 bits per heavy atom. The first-order chi connectivity index (χ1) is 18.0. The Balaban J connectivity index is 1.53. The average Bonchev–Trinajstić information content (AvgIpc) is 3.53. The number of rotatable bonds is 14. The second kappa shape index (κ2) is 12.5. The van der Waals surface area contributed by atoms with Crippen LogP contribution in [-0.4, -0.2) is 70.1 Å². The summed E-state index contributed by atoms with van der Waals surface area (Å²) in [5.41, 5.74) is 0.673. The maximum absolute atomic E-state index is 13.9. The van der Waals surface area contributed by atoms with Gasteiger partial charge in [0, 0.05) is 30.6 Å². The Morgan fingerprint density at radius 3 is 2.59 bits per heavy atom. The zero-order valence-corrected chi connectivity index (χ0v) is 22.9. The van der Waals surface area contributed by atoms with Crippen molar-refractivity contribution in [1.82, 2.24) is 10.2 Å². The Hall–Kier alpha value is -2.26. The Kier molecular flexibility index (Phi) is 9.40. The monoisotopic (exact) mass is 531 g/mol. The number of hydrogen-bond donors (Lipinski definition) is 3. The van der Waals surface area contributed by atoms with Gasteiger partial charge in [-0.2, -0.15) is 0 Å². The second-order valence-electron chi connectivity index (χ2n) is 10.3. The molecule has 8 nitrogen and oxygen atoms in total. The van der Waals surface area contributed by atoms with Crippen molar-refractivity contribution in [3.8, 4) is 5.75 Å². The fourth-order valence-electron chi connectivity index (χ4n) is 6.28. The molecule has 0 saturated carbocycles. The largest absolute Gasteiger partial charge is 0.494 e. The number of aliphatic hydroxyl groups is 1. The molecule has 3 N–H and O–H groups in total. The minimum Gasteiger partial charge on any atom is -0.494 e. The van der Waals surface area contributed by atoms with Crippen LogP contribution in [0.25, 0.3) is 0 Å².